The van der Waals surface area contributed by atoms with Crippen LogP contribution in [0.15, 0.2) is 60.0 Å². The van der Waals surface area contributed by atoms with Gasteiger partial charge < -0.3 is 16.4 Å². The van der Waals surface area contributed by atoms with E-state index in [1.165, 1.54) is 11.3 Å². The summed E-state index contributed by atoms with van der Waals surface area (Å²) in [6.07, 6.45) is 0. The number of carbonyl (C=O) groups is 3. The number of hydrogen-bond donors (Lipinski definition) is 3. The van der Waals surface area contributed by atoms with Crippen molar-refractivity contribution < 1.29 is 14.4 Å². The van der Waals surface area contributed by atoms with E-state index in [0.717, 1.165) is 5.56 Å². The normalized spacial score (nSPS) is 10.3. The molecule has 3 rings (SSSR count). The van der Waals surface area contributed by atoms with Crippen LogP contribution in [0.4, 0.5) is 11.4 Å². The minimum Gasteiger partial charge on any atom is -0.366 e. The van der Waals surface area contributed by atoms with E-state index in [9.17, 15) is 14.4 Å². The molecule has 0 spiro atoms. The van der Waals surface area contributed by atoms with Gasteiger partial charge in [-0.1, -0.05) is 18.2 Å². The van der Waals surface area contributed by atoms with Gasteiger partial charge in [0.2, 0.25) is 0 Å². The van der Waals surface area contributed by atoms with Crippen molar-refractivity contribution >= 4 is 40.4 Å². The Morgan fingerprint density at radius 1 is 0.926 bits per heavy atom. The van der Waals surface area contributed by atoms with Gasteiger partial charge in [-0.3, -0.25) is 14.4 Å². The highest BCUT2D eigenvalue weighted by Crippen LogP contribution is 2.20. The number of aryl methyl sites for hydroxylation is 1. The molecule has 2 aromatic carbocycles. The van der Waals surface area contributed by atoms with Crippen molar-refractivity contribution in [1.82, 2.24) is 0 Å². The third-order valence-corrected chi connectivity index (χ3v) is 4.68. The van der Waals surface area contributed by atoms with Crippen molar-refractivity contribution in [3.8, 4) is 0 Å². The van der Waals surface area contributed by atoms with Crippen molar-refractivity contribution in [2.45, 2.75) is 6.92 Å². The number of benzene rings is 2. The van der Waals surface area contributed by atoms with Crippen molar-refractivity contribution in [1.29, 1.82) is 0 Å². The second kappa shape index (κ2) is 7.84. The number of nitrogens with two attached hydrogens (primary N) is 1. The molecule has 0 atom stereocenters. The Morgan fingerprint density at radius 3 is 2.44 bits per heavy atom. The minimum absolute atomic E-state index is 0.233. The second-order valence-electron chi connectivity index (χ2n) is 5.88. The molecule has 6 nitrogen and oxygen atoms in total. The summed E-state index contributed by atoms with van der Waals surface area (Å²) < 4.78 is 0. The summed E-state index contributed by atoms with van der Waals surface area (Å²) in [6.45, 7) is 1.85. The molecule has 136 valence electrons. The summed E-state index contributed by atoms with van der Waals surface area (Å²) in [5.74, 6) is -1.27. The van der Waals surface area contributed by atoms with Crippen molar-refractivity contribution in [2.24, 2.45) is 5.73 Å². The van der Waals surface area contributed by atoms with Crippen molar-refractivity contribution in [2.75, 3.05) is 10.6 Å². The molecule has 0 saturated heterocycles. The monoisotopic (exact) mass is 379 g/mol. The van der Waals surface area contributed by atoms with Crippen molar-refractivity contribution in [3.63, 3.8) is 0 Å². The van der Waals surface area contributed by atoms with Crippen LogP contribution in [0.5, 0.6) is 0 Å². The second-order valence-corrected chi connectivity index (χ2v) is 6.83. The topological polar surface area (TPSA) is 101 Å². The Hall–Kier alpha value is -3.45. The van der Waals surface area contributed by atoms with Crippen LogP contribution < -0.4 is 16.4 Å². The van der Waals surface area contributed by atoms with E-state index in [4.69, 9.17) is 5.73 Å². The fourth-order valence-corrected chi connectivity index (χ4v) is 3.13. The van der Waals surface area contributed by atoms with E-state index in [0.29, 0.717) is 21.8 Å². The zero-order valence-electron chi connectivity index (χ0n) is 14.5. The molecule has 27 heavy (non-hydrogen) atoms. The van der Waals surface area contributed by atoms with Crippen LogP contribution in [0.2, 0.25) is 0 Å². The van der Waals surface area contributed by atoms with E-state index in [1.54, 1.807) is 54.6 Å². The van der Waals surface area contributed by atoms with Gasteiger partial charge in [0.05, 0.1) is 16.1 Å². The predicted octanol–water partition coefficient (Wildman–Crippen LogP) is 3.66. The lowest BCUT2D eigenvalue weighted by Crippen LogP contribution is -2.18. The molecule has 0 radical (unpaired) electrons. The molecule has 4 N–H and O–H groups in total. The maximum absolute atomic E-state index is 12.6. The van der Waals surface area contributed by atoms with Gasteiger partial charge in [-0.2, -0.15) is 0 Å². The van der Waals surface area contributed by atoms with Crippen LogP contribution in [0.3, 0.4) is 0 Å². The number of rotatable bonds is 5. The molecule has 0 unspecified atom stereocenters. The predicted molar refractivity (Wildman–Crippen MR) is 106 cm³/mol. The summed E-state index contributed by atoms with van der Waals surface area (Å²) in [4.78, 5) is 36.9. The quantitative estimate of drug-likeness (QED) is 0.630. The molecule has 0 fully saturated rings. The largest absolute Gasteiger partial charge is 0.366 e. The van der Waals surface area contributed by atoms with E-state index in [2.05, 4.69) is 10.6 Å². The molecule has 0 bridgehead atoms. The molecule has 3 aromatic rings. The first kappa shape index (κ1) is 18.3. The number of anilines is 2. The average molecular weight is 379 g/mol. The molecule has 0 aliphatic carbocycles. The van der Waals surface area contributed by atoms with E-state index < -0.39 is 11.8 Å². The van der Waals surface area contributed by atoms with Gasteiger partial charge in [-0.05, 0) is 54.3 Å². The molecular weight excluding hydrogens is 362 g/mol. The van der Waals surface area contributed by atoms with Gasteiger partial charge in [0.15, 0.2) is 0 Å². The van der Waals surface area contributed by atoms with Gasteiger partial charge in [-0.25, -0.2) is 0 Å². The molecule has 7 heteroatoms. The number of nitrogens with one attached hydrogen (secondary N) is 2. The molecule has 3 amide bonds. The Kier molecular flexibility index (Phi) is 5.33. The highest BCUT2D eigenvalue weighted by molar-refractivity contribution is 7.12. The van der Waals surface area contributed by atoms with E-state index in [-0.39, 0.29) is 11.5 Å². The first-order valence-corrected chi connectivity index (χ1v) is 8.99. The first-order valence-electron chi connectivity index (χ1n) is 8.11. The highest BCUT2D eigenvalue weighted by atomic mass is 32.1. The molecule has 1 aromatic heterocycles. The fourth-order valence-electron chi connectivity index (χ4n) is 2.51. The lowest BCUT2D eigenvalue weighted by atomic mass is 10.1. The summed E-state index contributed by atoms with van der Waals surface area (Å²) in [7, 11) is 0. The zero-order valence-corrected chi connectivity index (χ0v) is 15.3. The summed E-state index contributed by atoms with van der Waals surface area (Å²) in [6, 6.07) is 15.1. The van der Waals surface area contributed by atoms with Gasteiger partial charge >= 0.3 is 0 Å². The highest BCUT2D eigenvalue weighted by Gasteiger charge is 2.14. The third-order valence-electron chi connectivity index (χ3n) is 3.82. The van der Waals surface area contributed by atoms with Crippen molar-refractivity contribution in [3.05, 3.63) is 81.5 Å². The Balaban J connectivity index is 1.79. The molecule has 0 aliphatic rings. The van der Waals surface area contributed by atoms with Crippen LogP contribution in [0, 0.1) is 6.92 Å². The average Bonchev–Trinajstić information content (AvgIpc) is 3.16. The summed E-state index contributed by atoms with van der Waals surface area (Å²) in [5.41, 5.74) is 7.67. The molecule has 0 aliphatic heterocycles. The lowest BCUT2D eigenvalue weighted by molar-refractivity contribution is 0.0998. The van der Waals surface area contributed by atoms with Gasteiger partial charge in [0.25, 0.3) is 17.7 Å². The van der Waals surface area contributed by atoms with Gasteiger partial charge in [0, 0.05) is 11.3 Å². The van der Waals surface area contributed by atoms with Gasteiger partial charge in [-0.15, -0.1) is 11.3 Å². The number of primary amides is 1. The Morgan fingerprint density at radius 2 is 1.74 bits per heavy atom. The number of thiophene rings is 1. The van der Waals surface area contributed by atoms with E-state index >= 15 is 0 Å². The Bertz CT molecular complexity index is 1010. The third kappa shape index (κ3) is 4.39. The lowest BCUT2D eigenvalue weighted by Gasteiger charge is -2.11. The van der Waals surface area contributed by atoms with Crippen LogP contribution >= 0.6 is 11.3 Å². The zero-order chi connectivity index (χ0) is 19.4. The number of carbonyl (C=O) groups excluding carboxylic acids is 3. The van der Waals surface area contributed by atoms with Crippen LogP contribution in [0.25, 0.3) is 0 Å². The smallest absolute Gasteiger partial charge is 0.265 e. The summed E-state index contributed by atoms with van der Waals surface area (Å²) >= 11 is 1.33. The summed E-state index contributed by atoms with van der Waals surface area (Å²) in [5, 5.41) is 7.28. The minimum atomic E-state index is -0.623. The Labute approximate surface area is 160 Å². The number of hydrogen-bond acceptors (Lipinski definition) is 4. The fraction of sp³-hybridized carbons (Fsp3) is 0.0500. The molecule has 0 saturated carbocycles. The maximum Gasteiger partial charge on any atom is 0.265 e. The number of amides is 3. The van der Waals surface area contributed by atoms with Crippen LogP contribution in [-0.2, 0) is 0 Å². The standard InChI is InChI=1S/C20H17N3O3S/c1-12-7-8-15(18(21)24)16(10-12)23-19(25)13-4-2-5-14(11-13)22-20(26)17-6-3-9-27-17/h2-11H,1H3,(H2,21,24)(H,22,26)(H,23,25). The SMILES string of the molecule is Cc1ccc(C(N)=O)c(NC(=O)c2cccc(NC(=O)c3cccs3)c2)c1. The van der Waals surface area contributed by atoms with E-state index in [1.807, 2.05) is 12.3 Å². The maximum atomic E-state index is 12.6. The first-order chi connectivity index (χ1) is 12.9. The van der Waals surface area contributed by atoms with Crippen LogP contribution in [0.1, 0.15) is 36.0 Å². The van der Waals surface area contributed by atoms with Crippen LogP contribution in [-0.4, -0.2) is 17.7 Å². The molecular formula is C20H17N3O3S. The van der Waals surface area contributed by atoms with Gasteiger partial charge in [0.1, 0.15) is 0 Å². The molecule has 1 heterocycles.